The van der Waals surface area contributed by atoms with E-state index in [1.165, 1.54) is 4.90 Å². The number of hydrogen-bond acceptors (Lipinski definition) is 2. The number of benzene rings is 1. The van der Waals surface area contributed by atoms with Crippen LogP contribution in [0.15, 0.2) is 17.0 Å². The molecule has 0 amide bonds. The summed E-state index contributed by atoms with van der Waals surface area (Å²) < 4.78 is 0. The van der Waals surface area contributed by atoms with E-state index in [4.69, 9.17) is 0 Å². The first-order valence-electron chi connectivity index (χ1n) is 5.99. The Morgan fingerprint density at radius 3 is 1.47 bits per heavy atom. The zero-order chi connectivity index (χ0) is 13.4. The van der Waals surface area contributed by atoms with Crippen molar-refractivity contribution >= 4 is 11.8 Å². The summed E-state index contributed by atoms with van der Waals surface area (Å²) in [6, 6.07) is 4.21. The molecule has 0 spiro atoms. The summed E-state index contributed by atoms with van der Waals surface area (Å²) in [7, 11) is 0. The van der Waals surface area contributed by atoms with Crippen molar-refractivity contribution in [2.24, 2.45) is 0 Å². The molecular formula is C15H24OS. The lowest BCUT2D eigenvalue weighted by molar-refractivity contribution is 0.422. The van der Waals surface area contributed by atoms with Gasteiger partial charge in [0, 0.05) is 16.0 Å². The molecule has 2 heteroatoms. The summed E-state index contributed by atoms with van der Waals surface area (Å²) in [6.07, 6.45) is 2.07. The second-order valence-corrected chi connectivity index (χ2v) is 7.45. The van der Waals surface area contributed by atoms with E-state index in [1.807, 2.05) is 0 Å². The average molecular weight is 252 g/mol. The molecule has 96 valence electrons. The van der Waals surface area contributed by atoms with Crippen LogP contribution < -0.4 is 0 Å². The van der Waals surface area contributed by atoms with Gasteiger partial charge in [0.25, 0.3) is 0 Å². The van der Waals surface area contributed by atoms with Crippen LogP contribution in [0.25, 0.3) is 0 Å². The molecule has 0 bridgehead atoms. The lowest BCUT2D eigenvalue weighted by Crippen LogP contribution is -2.17. The molecule has 17 heavy (non-hydrogen) atoms. The van der Waals surface area contributed by atoms with Crippen molar-refractivity contribution in [3.63, 3.8) is 0 Å². The SMILES string of the molecule is CSc1cc(C(C)(C)C)c(O)c(C(C)(C)C)c1. The molecule has 0 radical (unpaired) electrons. The van der Waals surface area contributed by atoms with Crippen molar-refractivity contribution in [3.05, 3.63) is 23.3 Å². The Bertz CT molecular complexity index is 373. The Morgan fingerprint density at radius 2 is 1.24 bits per heavy atom. The zero-order valence-electron chi connectivity index (χ0n) is 12.0. The molecule has 0 aromatic heterocycles. The van der Waals surface area contributed by atoms with Crippen molar-refractivity contribution in [2.45, 2.75) is 57.3 Å². The highest BCUT2D eigenvalue weighted by Gasteiger charge is 2.26. The van der Waals surface area contributed by atoms with Crippen LogP contribution >= 0.6 is 11.8 Å². The van der Waals surface area contributed by atoms with Crippen molar-refractivity contribution in [1.82, 2.24) is 0 Å². The van der Waals surface area contributed by atoms with Gasteiger partial charge in [-0.15, -0.1) is 11.8 Å². The van der Waals surface area contributed by atoms with Crippen molar-refractivity contribution in [1.29, 1.82) is 0 Å². The fourth-order valence-electron chi connectivity index (χ4n) is 1.87. The minimum Gasteiger partial charge on any atom is -0.507 e. The molecule has 1 rings (SSSR count). The van der Waals surface area contributed by atoms with E-state index in [9.17, 15) is 5.11 Å². The fraction of sp³-hybridized carbons (Fsp3) is 0.600. The predicted molar refractivity (Wildman–Crippen MR) is 77.3 cm³/mol. The standard InChI is InChI=1S/C15H24OS/c1-14(2,3)11-8-10(17-7)9-12(13(11)16)15(4,5)6/h8-9,16H,1-7H3. The quantitative estimate of drug-likeness (QED) is 0.730. The van der Waals surface area contributed by atoms with Crippen LogP contribution in [0.3, 0.4) is 0 Å². The molecule has 0 aliphatic heterocycles. The molecular weight excluding hydrogens is 228 g/mol. The van der Waals surface area contributed by atoms with Gasteiger partial charge >= 0.3 is 0 Å². The summed E-state index contributed by atoms with van der Waals surface area (Å²) in [5.74, 6) is 0.461. The molecule has 0 saturated heterocycles. The minimum absolute atomic E-state index is 0.0319. The van der Waals surface area contributed by atoms with E-state index in [2.05, 4.69) is 59.9 Å². The van der Waals surface area contributed by atoms with Crippen LogP contribution in [0.5, 0.6) is 5.75 Å². The van der Waals surface area contributed by atoms with Gasteiger partial charge in [-0.1, -0.05) is 41.5 Å². The number of rotatable bonds is 1. The Kier molecular flexibility index (Phi) is 3.87. The molecule has 1 N–H and O–H groups in total. The highest BCUT2D eigenvalue weighted by atomic mass is 32.2. The number of phenols is 1. The molecule has 0 heterocycles. The first-order valence-corrected chi connectivity index (χ1v) is 7.22. The van der Waals surface area contributed by atoms with Gasteiger partial charge in [0.15, 0.2) is 0 Å². The van der Waals surface area contributed by atoms with E-state index in [-0.39, 0.29) is 10.8 Å². The van der Waals surface area contributed by atoms with Gasteiger partial charge in [0.1, 0.15) is 5.75 Å². The fourth-order valence-corrected chi connectivity index (χ4v) is 2.34. The second-order valence-electron chi connectivity index (χ2n) is 6.57. The minimum atomic E-state index is -0.0319. The maximum atomic E-state index is 10.5. The Balaban J connectivity index is 3.53. The van der Waals surface area contributed by atoms with Crippen LogP contribution in [0.4, 0.5) is 0 Å². The van der Waals surface area contributed by atoms with Gasteiger partial charge in [-0.2, -0.15) is 0 Å². The third-order valence-electron chi connectivity index (χ3n) is 2.94. The summed E-state index contributed by atoms with van der Waals surface area (Å²) >= 11 is 1.73. The monoisotopic (exact) mass is 252 g/mol. The Hall–Kier alpha value is -0.630. The first-order chi connectivity index (χ1) is 7.57. The normalized spacial score (nSPS) is 12.9. The summed E-state index contributed by atoms with van der Waals surface area (Å²) in [5, 5.41) is 10.5. The lowest BCUT2D eigenvalue weighted by Gasteiger charge is -2.28. The molecule has 0 unspecified atom stereocenters. The number of hydrogen-bond donors (Lipinski definition) is 1. The lowest BCUT2D eigenvalue weighted by atomic mass is 9.79. The Labute approximate surface area is 110 Å². The van der Waals surface area contributed by atoms with Gasteiger partial charge in [-0.05, 0) is 29.2 Å². The number of aromatic hydroxyl groups is 1. The van der Waals surface area contributed by atoms with Crippen LogP contribution in [0.1, 0.15) is 52.7 Å². The van der Waals surface area contributed by atoms with Crippen molar-refractivity contribution in [3.8, 4) is 5.75 Å². The molecule has 1 aromatic carbocycles. The van der Waals surface area contributed by atoms with Crippen LogP contribution in [-0.2, 0) is 10.8 Å². The summed E-state index contributed by atoms with van der Waals surface area (Å²) in [4.78, 5) is 1.22. The largest absolute Gasteiger partial charge is 0.507 e. The Morgan fingerprint density at radius 1 is 0.882 bits per heavy atom. The number of thioether (sulfide) groups is 1. The van der Waals surface area contributed by atoms with Crippen molar-refractivity contribution < 1.29 is 5.11 Å². The van der Waals surface area contributed by atoms with E-state index in [0.717, 1.165) is 11.1 Å². The highest BCUT2D eigenvalue weighted by Crippen LogP contribution is 2.41. The average Bonchev–Trinajstić information content (AvgIpc) is 2.14. The third-order valence-corrected chi connectivity index (χ3v) is 3.64. The molecule has 1 nitrogen and oxygen atoms in total. The van der Waals surface area contributed by atoms with Crippen LogP contribution in [0.2, 0.25) is 0 Å². The van der Waals surface area contributed by atoms with Gasteiger partial charge in [0.2, 0.25) is 0 Å². The smallest absolute Gasteiger partial charge is 0.123 e. The number of phenolic OH excluding ortho intramolecular Hbond substituents is 1. The van der Waals surface area contributed by atoms with E-state index >= 15 is 0 Å². The zero-order valence-corrected chi connectivity index (χ0v) is 12.8. The summed E-state index contributed by atoms with van der Waals surface area (Å²) in [6.45, 7) is 12.8. The van der Waals surface area contributed by atoms with Gasteiger partial charge in [0.05, 0.1) is 0 Å². The van der Waals surface area contributed by atoms with Gasteiger partial charge < -0.3 is 5.11 Å². The second kappa shape index (κ2) is 4.56. The van der Waals surface area contributed by atoms with Crippen LogP contribution in [0, 0.1) is 0 Å². The van der Waals surface area contributed by atoms with E-state index < -0.39 is 0 Å². The molecule has 0 atom stereocenters. The molecule has 0 saturated carbocycles. The van der Waals surface area contributed by atoms with E-state index in [1.54, 1.807) is 11.8 Å². The maximum absolute atomic E-state index is 10.5. The summed E-state index contributed by atoms with van der Waals surface area (Å²) in [5.41, 5.74) is 2.01. The van der Waals surface area contributed by atoms with Gasteiger partial charge in [-0.3, -0.25) is 0 Å². The molecule has 0 fully saturated rings. The van der Waals surface area contributed by atoms with Crippen molar-refractivity contribution in [2.75, 3.05) is 6.26 Å². The molecule has 0 aliphatic rings. The third kappa shape index (κ3) is 3.19. The predicted octanol–water partition coefficient (Wildman–Crippen LogP) is 4.71. The highest BCUT2D eigenvalue weighted by molar-refractivity contribution is 7.98. The molecule has 0 aliphatic carbocycles. The first kappa shape index (κ1) is 14.4. The topological polar surface area (TPSA) is 20.2 Å². The molecule has 1 aromatic rings. The van der Waals surface area contributed by atoms with Crippen LogP contribution in [-0.4, -0.2) is 11.4 Å². The maximum Gasteiger partial charge on any atom is 0.123 e. The van der Waals surface area contributed by atoms with Gasteiger partial charge in [-0.25, -0.2) is 0 Å². The van der Waals surface area contributed by atoms with E-state index in [0.29, 0.717) is 5.75 Å².